The Balaban J connectivity index is 1.28. The van der Waals surface area contributed by atoms with E-state index in [1.807, 2.05) is 12.1 Å². The fourth-order valence-electron chi connectivity index (χ4n) is 4.55. The number of nitrogens with zero attached hydrogens (tertiary/aromatic N) is 3. The van der Waals surface area contributed by atoms with Gasteiger partial charge in [0.05, 0.1) is 29.0 Å². The Morgan fingerprint density at radius 2 is 1.85 bits per heavy atom. The molecule has 0 fully saturated rings. The predicted octanol–water partition coefficient (Wildman–Crippen LogP) is 3.56. The number of amides is 1. The zero-order valence-electron chi connectivity index (χ0n) is 18.0. The minimum absolute atomic E-state index is 0.102. The molecule has 0 spiro atoms. The number of anilines is 2. The van der Waals surface area contributed by atoms with Crippen molar-refractivity contribution in [2.75, 3.05) is 16.2 Å². The number of benzene rings is 2. The van der Waals surface area contributed by atoms with Gasteiger partial charge in [-0.05, 0) is 59.9 Å². The average molecular weight is 477 g/mol. The van der Waals surface area contributed by atoms with Crippen LogP contribution in [0.2, 0.25) is 0 Å². The van der Waals surface area contributed by atoms with Gasteiger partial charge in [-0.3, -0.25) is 9.52 Å². The van der Waals surface area contributed by atoms with Crippen molar-refractivity contribution in [3.8, 4) is 11.6 Å². The molecule has 10 heteroatoms. The van der Waals surface area contributed by atoms with Gasteiger partial charge in [-0.2, -0.15) is 4.98 Å². The van der Waals surface area contributed by atoms with Gasteiger partial charge in [0.25, 0.3) is 10.0 Å². The number of para-hydroxylation sites is 1. The molecule has 4 heterocycles. The van der Waals surface area contributed by atoms with Crippen LogP contribution in [0.15, 0.2) is 68.6 Å². The molecule has 0 bridgehead atoms. The van der Waals surface area contributed by atoms with Crippen LogP contribution in [0.1, 0.15) is 29.0 Å². The summed E-state index contributed by atoms with van der Waals surface area (Å²) < 4.78 is 40.0. The lowest BCUT2D eigenvalue weighted by molar-refractivity contribution is -0.118. The molecule has 2 aliphatic heterocycles. The third-order valence-electron chi connectivity index (χ3n) is 6.15. The molecule has 2 aromatic heterocycles. The highest BCUT2D eigenvalue weighted by Crippen LogP contribution is 2.38. The van der Waals surface area contributed by atoms with Crippen LogP contribution in [0, 0.1) is 0 Å². The lowest BCUT2D eigenvalue weighted by Gasteiger charge is -2.25. The Morgan fingerprint density at radius 1 is 1.03 bits per heavy atom. The van der Waals surface area contributed by atoms with E-state index in [0.29, 0.717) is 54.5 Å². The summed E-state index contributed by atoms with van der Waals surface area (Å²) in [5.74, 6) is 1.26. The molecule has 1 N–H and O–H groups in total. The molecule has 2 aliphatic rings. The maximum Gasteiger partial charge on any atom is 0.261 e. The van der Waals surface area contributed by atoms with Crippen LogP contribution in [0.3, 0.4) is 0 Å². The fourth-order valence-corrected chi connectivity index (χ4v) is 5.76. The first kappa shape index (κ1) is 20.7. The fraction of sp³-hybridized carbons (Fsp3) is 0.208. The Hall–Kier alpha value is -3.92. The summed E-state index contributed by atoms with van der Waals surface area (Å²) in [5, 5.41) is 3.93. The molecule has 0 saturated carbocycles. The van der Waals surface area contributed by atoms with Crippen molar-refractivity contribution in [3.63, 3.8) is 0 Å². The monoisotopic (exact) mass is 476 g/mol. The quantitative estimate of drug-likeness (QED) is 0.452. The molecule has 9 nitrogen and oxygen atoms in total. The van der Waals surface area contributed by atoms with Crippen molar-refractivity contribution in [3.05, 3.63) is 77.4 Å². The van der Waals surface area contributed by atoms with Crippen LogP contribution >= 0.6 is 0 Å². The van der Waals surface area contributed by atoms with E-state index < -0.39 is 10.0 Å². The third kappa shape index (κ3) is 3.56. The van der Waals surface area contributed by atoms with Gasteiger partial charge in [0.15, 0.2) is 5.76 Å². The van der Waals surface area contributed by atoms with Gasteiger partial charge in [0.1, 0.15) is 0 Å². The summed E-state index contributed by atoms with van der Waals surface area (Å²) in [4.78, 5) is 18.5. The van der Waals surface area contributed by atoms with Crippen molar-refractivity contribution >= 4 is 27.3 Å². The molecule has 0 unspecified atom stereocenters. The van der Waals surface area contributed by atoms with Crippen LogP contribution in [0.5, 0.6) is 0 Å². The van der Waals surface area contributed by atoms with Gasteiger partial charge in [-0.15, -0.1) is 0 Å². The minimum Gasteiger partial charge on any atom is -0.461 e. The van der Waals surface area contributed by atoms with Crippen LogP contribution in [-0.2, 0) is 34.1 Å². The molecule has 0 saturated heterocycles. The van der Waals surface area contributed by atoms with Crippen LogP contribution in [-0.4, -0.2) is 31.0 Å². The van der Waals surface area contributed by atoms with Crippen molar-refractivity contribution in [1.82, 2.24) is 10.1 Å². The van der Waals surface area contributed by atoms with Crippen molar-refractivity contribution in [2.24, 2.45) is 0 Å². The Labute approximate surface area is 195 Å². The molecule has 34 heavy (non-hydrogen) atoms. The molecular weight excluding hydrogens is 456 g/mol. The van der Waals surface area contributed by atoms with E-state index in [-0.39, 0.29) is 17.2 Å². The Bertz CT molecular complexity index is 1510. The molecule has 4 aromatic rings. The van der Waals surface area contributed by atoms with Crippen molar-refractivity contribution in [2.45, 2.75) is 30.6 Å². The molecular formula is C24H20N4O5S. The number of sulfonamides is 1. The average Bonchev–Trinajstić information content (AvgIpc) is 3.58. The van der Waals surface area contributed by atoms with Gasteiger partial charge in [0, 0.05) is 13.0 Å². The second-order valence-corrected chi connectivity index (χ2v) is 10.00. The first-order chi connectivity index (χ1) is 16.5. The number of aryl methyl sites for hydroxylation is 1. The van der Waals surface area contributed by atoms with Crippen LogP contribution < -0.4 is 9.62 Å². The number of hydrogen-bond acceptors (Lipinski definition) is 7. The number of carbonyl (C=O) groups excluding carboxylic acids is 1. The number of furan rings is 1. The van der Waals surface area contributed by atoms with Gasteiger partial charge < -0.3 is 13.8 Å². The van der Waals surface area contributed by atoms with Crippen LogP contribution in [0.25, 0.3) is 11.6 Å². The second kappa shape index (κ2) is 7.84. The summed E-state index contributed by atoms with van der Waals surface area (Å²) in [6.07, 6.45) is 3.38. The van der Waals surface area contributed by atoms with E-state index in [2.05, 4.69) is 14.9 Å². The SMILES string of the molecule is O=C1CCc2cc(S(=O)(=O)Nc3ccccc3Cc3nc(-c4ccco4)no3)cc3c2N1CC3. The smallest absolute Gasteiger partial charge is 0.261 e. The Morgan fingerprint density at radius 3 is 2.68 bits per heavy atom. The summed E-state index contributed by atoms with van der Waals surface area (Å²) in [6, 6.07) is 13.9. The summed E-state index contributed by atoms with van der Waals surface area (Å²) in [6.45, 7) is 0.602. The molecule has 0 aliphatic carbocycles. The van der Waals surface area contributed by atoms with E-state index in [0.717, 1.165) is 16.8 Å². The first-order valence-corrected chi connectivity index (χ1v) is 12.4. The lowest BCUT2D eigenvalue weighted by atomic mass is 10.00. The maximum absolute atomic E-state index is 13.3. The molecule has 2 aromatic carbocycles. The molecule has 0 atom stereocenters. The summed E-state index contributed by atoms with van der Waals surface area (Å²) in [5.41, 5.74) is 3.82. The number of hydrogen-bond donors (Lipinski definition) is 1. The number of rotatable bonds is 6. The number of aromatic nitrogens is 2. The lowest BCUT2D eigenvalue weighted by Crippen LogP contribution is -2.33. The van der Waals surface area contributed by atoms with E-state index >= 15 is 0 Å². The zero-order chi connectivity index (χ0) is 23.3. The Kier molecular flexibility index (Phi) is 4.77. The topological polar surface area (TPSA) is 119 Å². The van der Waals surface area contributed by atoms with Crippen molar-refractivity contribution in [1.29, 1.82) is 0 Å². The number of carbonyl (C=O) groups is 1. The van der Waals surface area contributed by atoms with Crippen molar-refractivity contribution < 1.29 is 22.2 Å². The summed E-state index contributed by atoms with van der Waals surface area (Å²) >= 11 is 0. The van der Waals surface area contributed by atoms with Gasteiger partial charge >= 0.3 is 0 Å². The highest BCUT2D eigenvalue weighted by Gasteiger charge is 2.33. The van der Waals surface area contributed by atoms with E-state index in [9.17, 15) is 13.2 Å². The van der Waals surface area contributed by atoms with Gasteiger partial charge in [-0.25, -0.2) is 8.42 Å². The van der Waals surface area contributed by atoms with E-state index in [1.54, 1.807) is 41.3 Å². The van der Waals surface area contributed by atoms with Gasteiger partial charge in [-0.1, -0.05) is 23.4 Å². The predicted molar refractivity (Wildman–Crippen MR) is 123 cm³/mol. The van der Waals surface area contributed by atoms with E-state index in [1.165, 1.54) is 6.26 Å². The molecule has 172 valence electrons. The molecule has 1 amide bonds. The van der Waals surface area contributed by atoms with E-state index in [4.69, 9.17) is 8.94 Å². The van der Waals surface area contributed by atoms with Gasteiger partial charge in [0.2, 0.25) is 17.6 Å². The highest BCUT2D eigenvalue weighted by molar-refractivity contribution is 7.92. The molecule has 6 rings (SSSR count). The minimum atomic E-state index is -3.85. The standard InChI is InChI=1S/C24H20N4O5S/c29-22-8-7-16-12-18(13-17-9-10-28(22)23(16)17)34(30,31)27-19-5-2-1-4-15(19)14-21-25-24(26-33-21)20-6-3-11-32-20/h1-6,11-13,27H,7-10,14H2. The second-order valence-electron chi connectivity index (χ2n) is 8.31. The molecule has 0 radical (unpaired) electrons. The largest absolute Gasteiger partial charge is 0.461 e. The summed E-state index contributed by atoms with van der Waals surface area (Å²) in [7, 11) is -3.85. The maximum atomic E-state index is 13.3. The first-order valence-electron chi connectivity index (χ1n) is 10.9. The highest BCUT2D eigenvalue weighted by atomic mass is 32.2. The van der Waals surface area contributed by atoms with Crippen LogP contribution in [0.4, 0.5) is 11.4 Å². The third-order valence-corrected chi connectivity index (χ3v) is 7.49. The number of nitrogens with one attached hydrogen (secondary N) is 1. The normalized spacial score (nSPS) is 14.9. The zero-order valence-corrected chi connectivity index (χ0v) is 18.8.